The molecule has 4 rings (SSSR count). The lowest BCUT2D eigenvalue weighted by atomic mass is 10.1. The Morgan fingerprint density at radius 3 is 2.58 bits per heavy atom. The standard InChI is InChI=1S/C25H25N3O3S2/c1-15-7-9-17(10-8-15)23(29)27-21-19-12-11-18(26-24(19)33-22(21)25(30)31-4)14-28(3)16(2)20-6-5-13-32-20/h5-13,16H,14H2,1-4H3,(H,27,29)/t16-/m0/s1. The van der Waals surface area contributed by atoms with Gasteiger partial charge in [-0.2, -0.15) is 0 Å². The highest BCUT2D eigenvalue weighted by Crippen LogP contribution is 2.36. The van der Waals surface area contributed by atoms with Crippen LogP contribution < -0.4 is 5.32 Å². The molecule has 8 heteroatoms. The lowest BCUT2D eigenvalue weighted by Gasteiger charge is -2.23. The van der Waals surface area contributed by atoms with E-state index < -0.39 is 5.97 Å². The summed E-state index contributed by atoms with van der Waals surface area (Å²) < 4.78 is 4.96. The molecule has 6 nitrogen and oxygen atoms in total. The molecule has 0 aliphatic carbocycles. The summed E-state index contributed by atoms with van der Waals surface area (Å²) in [5.41, 5.74) is 2.91. The van der Waals surface area contributed by atoms with Crippen molar-refractivity contribution in [1.29, 1.82) is 0 Å². The number of aromatic nitrogens is 1. The number of methoxy groups -OCH3 is 1. The van der Waals surface area contributed by atoms with Crippen LogP contribution in [0.1, 0.15) is 49.1 Å². The number of benzene rings is 1. The number of esters is 1. The SMILES string of the molecule is COC(=O)c1sc2nc(CN(C)[C@@H](C)c3cccs3)ccc2c1NC(=O)c1ccc(C)cc1. The summed E-state index contributed by atoms with van der Waals surface area (Å²) in [4.78, 5) is 34.6. The highest BCUT2D eigenvalue weighted by Gasteiger charge is 2.23. The van der Waals surface area contributed by atoms with E-state index in [1.165, 1.54) is 23.3 Å². The van der Waals surface area contributed by atoms with Crippen molar-refractivity contribution in [3.05, 3.63) is 80.5 Å². The molecule has 0 unspecified atom stereocenters. The number of pyridine rings is 1. The molecule has 0 aliphatic heterocycles. The average molecular weight is 480 g/mol. The van der Waals surface area contributed by atoms with Gasteiger partial charge in [-0.25, -0.2) is 9.78 Å². The van der Waals surface area contributed by atoms with Crippen LogP contribution in [0.25, 0.3) is 10.2 Å². The summed E-state index contributed by atoms with van der Waals surface area (Å²) in [5, 5.41) is 5.70. The quantitative estimate of drug-likeness (QED) is 0.334. The van der Waals surface area contributed by atoms with E-state index in [-0.39, 0.29) is 11.9 Å². The molecule has 33 heavy (non-hydrogen) atoms. The van der Waals surface area contributed by atoms with Crippen molar-refractivity contribution in [2.45, 2.75) is 26.4 Å². The highest BCUT2D eigenvalue weighted by atomic mass is 32.1. The smallest absolute Gasteiger partial charge is 0.350 e. The Morgan fingerprint density at radius 1 is 1.15 bits per heavy atom. The third-order valence-corrected chi connectivity index (χ3v) is 7.69. The molecular formula is C25H25N3O3S2. The van der Waals surface area contributed by atoms with Crippen LogP contribution in [0.15, 0.2) is 53.9 Å². The Labute approximate surface area is 200 Å². The first-order valence-corrected chi connectivity index (χ1v) is 12.2. The largest absolute Gasteiger partial charge is 0.465 e. The normalized spacial score (nSPS) is 12.2. The predicted molar refractivity (Wildman–Crippen MR) is 134 cm³/mol. The van der Waals surface area contributed by atoms with Crippen LogP contribution in [0.2, 0.25) is 0 Å². The van der Waals surface area contributed by atoms with Gasteiger partial charge in [0.05, 0.1) is 18.5 Å². The van der Waals surface area contributed by atoms with E-state index in [0.717, 1.165) is 16.6 Å². The second kappa shape index (κ2) is 9.82. The molecule has 3 aromatic heterocycles. The first-order valence-electron chi connectivity index (χ1n) is 10.5. The number of rotatable bonds is 7. The summed E-state index contributed by atoms with van der Waals surface area (Å²) in [6.45, 7) is 4.79. The summed E-state index contributed by atoms with van der Waals surface area (Å²) in [6.07, 6.45) is 0. The molecule has 0 fully saturated rings. The fourth-order valence-corrected chi connectivity index (χ4v) is 5.41. The number of ether oxygens (including phenoxy) is 1. The van der Waals surface area contributed by atoms with E-state index in [1.54, 1.807) is 23.5 Å². The Balaban J connectivity index is 1.63. The Morgan fingerprint density at radius 2 is 1.91 bits per heavy atom. The first-order chi connectivity index (χ1) is 15.9. The van der Waals surface area contributed by atoms with Crippen molar-refractivity contribution >= 4 is 50.5 Å². The Bertz CT molecular complexity index is 1280. The molecule has 0 radical (unpaired) electrons. The number of carbonyl (C=O) groups excluding carboxylic acids is 2. The van der Waals surface area contributed by atoms with Gasteiger partial charge in [0.15, 0.2) is 0 Å². The topological polar surface area (TPSA) is 71.5 Å². The number of anilines is 1. The number of hydrogen-bond donors (Lipinski definition) is 1. The van der Waals surface area contributed by atoms with Crippen LogP contribution in [0.3, 0.4) is 0 Å². The second-order valence-corrected chi connectivity index (χ2v) is 9.86. The monoisotopic (exact) mass is 479 g/mol. The van der Waals surface area contributed by atoms with E-state index in [9.17, 15) is 9.59 Å². The predicted octanol–water partition coefficient (Wildman–Crippen LogP) is 5.90. The van der Waals surface area contributed by atoms with Gasteiger partial charge >= 0.3 is 5.97 Å². The third-order valence-electron chi connectivity index (χ3n) is 5.56. The van der Waals surface area contributed by atoms with Gasteiger partial charge < -0.3 is 10.1 Å². The minimum absolute atomic E-state index is 0.265. The van der Waals surface area contributed by atoms with Gasteiger partial charge in [0, 0.05) is 28.4 Å². The number of nitrogens with zero attached hydrogens (tertiary/aromatic N) is 2. The van der Waals surface area contributed by atoms with Gasteiger partial charge in [0.2, 0.25) is 0 Å². The van der Waals surface area contributed by atoms with Gasteiger partial charge in [0.1, 0.15) is 9.71 Å². The van der Waals surface area contributed by atoms with Crippen molar-refractivity contribution in [1.82, 2.24) is 9.88 Å². The van der Waals surface area contributed by atoms with Crippen LogP contribution >= 0.6 is 22.7 Å². The number of amides is 1. The van der Waals surface area contributed by atoms with Crippen molar-refractivity contribution < 1.29 is 14.3 Å². The van der Waals surface area contributed by atoms with E-state index in [1.807, 2.05) is 31.2 Å². The minimum Gasteiger partial charge on any atom is -0.465 e. The maximum Gasteiger partial charge on any atom is 0.350 e. The molecule has 1 aromatic carbocycles. The van der Waals surface area contributed by atoms with Crippen LogP contribution in [-0.4, -0.2) is 35.9 Å². The fourth-order valence-electron chi connectivity index (χ4n) is 3.49. The average Bonchev–Trinajstić information content (AvgIpc) is 3.47. The second-order valence-electron chi connectivity index (χ2n) is 7.88. The van der Waals surface area contributed by atoms with E-state index >= 15 is 0 Å². The first kappa shape index (κ1) is 23.1. The maximum atomic E-state index is 12.8. The molecule has 0 bridgehead atoms. The number of fused-ring (bicyclic) bond motifs is 1. The Hall–Kier alpha value is -3.07. The van der Waals surface area contributed by atoms with Gasteiger partial charge in [0.25, 0.3) is 5.91 Å². The van der Waals surface area contributed by atoms with E-state index in [0.29, 0.717) is 27.5 Å². The number of aryl methyl sites for hydroxylation is 1. The summed E-state index contributed by atoms with van der Waals surface area (Å²) >= 11 is 2.96. The number of carbonyl (C=O) groups is 2. The number of thiophene rings is 2. The van der Waals surface area contributed by atoms with E-state index in [2.05, 4.69) is 41.7 Å². The lowest BCUT2D eigenvalue weighted by molar-refractivity contribution is 0.0607. The van der Waals surface area contributed by atoms with Crippen LogP contribution in [0.4, 0.5) is 5.69 Å². The van der Waals surface area contributed by atoms with Gasteiger partial charge in [-0.1, -0.05) is 23.8 Å². The van der Waals surface area contributed by atoms with E-state index in [4.69, 9.17) is 9.72 Å². The molecule has 0 aliphatic rings. The van der Waals surface area contributed by atoms with Crippen molar-refractivity contribution in [2.24, 2.45) is 0 Å². The highest BCUT2D eigenvalue weighted by molar-refractivity contribution is 7.21. The Kier molecular flexibility index (Phi) is 6.88. The van der Waals surface area contributed by atoms with Gasteiger partial charge in [-0.3, -0.25) is 9.69 Å². The maximum absolute atomic E-state index is 12.8. The lowest BCUT2D eigenvalue weighted by Crippen LogP contribution is -2.21. The van der Waals surface area contributed by atoms with Crippen molar-refractivity contribution in [2.75, 3.05) is 19.5 Å². The van der Waals surface area contributed by atoms with Crippen LogP contribution in [-0.2, 0) is 11.3 Å². The molecule has 4 aromatic rings. The van der Waals surface area contributed by atoms with Crippen molar-refractivity contribution in [3.8, 4) is 0 Å². The molecule has 0 spiro atoms. The molecule has 1 atom stereocenters. The zero-order valence-corrected chi connectivity index (χ0v) is 20.5. The van der Waals surface area contributed by atoms with Crippen LogP contribution in [0, 0.1) is 6.92 Å². The summed E-state index contributed by atoms with van der Waals surface area (Å²) in [6, 6.07) is 15.6. The third kappa shape index (κ3) is 4.98. The number of hydrogen-bond acceptors (Lipinski definition) is 7. The molecule has 170 valence electrons. The van der Waals surface area contributed by atoms with Gasteiger partial charge in [-0.15, -0.1) is 22.7 Å². The molecule has 1 N–H and O–H groups in total. The van der Waals surface area contributed by atoms with Gasteiger partial charge in [-0.05, 0) is 56.6 Å². The summed E-state index contributed by atoms with van der Waals surface area (Å²) in [5.74, 6) is -0.782. The zero-order chi connectivity index (χ0) is 23.5. The molecule has 0 saturated heterocycles. The minimum atomic E-state index is -0.498. The van der Waals surface area contributed by atoms with Crippen molar-refractivity contribution in [3.63, 3.8) is 0 Å². The number of nitrogens with one attached hydrogen (secondary N) is 1. The molecule has 0 saturated carbocycles. The summed E-state index contributed by atoms with van der Waals surface area (Å²) in [7, 11) is 3.40. The molecule has 3 heterocycles. The van der Waals surface area contributed by atoms with Crippen LogP contribution in [0.5, 0.6) is 0 Å². The zero-order valence-electron chi connectivity index (χ0n) is 18.9. The molecular weight excluding hydrogens is 454 g/mol. The molecule has 1 amide bonds. The fraction of sp³-hybridized carbons (Fsp3) is 0.240.